The number of rotatable bonds is 5. The number of H-pyrrole nitrogens is 1. The summed E-state index contributed by atoms with van der Waals surface area (Å²) in [5.41, 5.74) is 10.5. The zero-order chi connectivity index (χ0) is 15.6. The highest BCUT2D eigenvalue weighted by atomic mass is 15.1. The Labute approximate surface area is 130 Å². The molecule has 0 radical (unpaired) electrons. The van der Waals surface area contributed by atoms with Gasteiger partial charge in [0, 0.05) is 23.5 Å². The van der Waals surface area contributed by atoms with Crippen LogP contribution in [-0.2, 0) is 5.41 Å². The van der Waals surface area contributed by atoms with E-state index in [1.807, 2.05) is 18.5 Å². The molecule has 0 aliphatic rings. The number of pyridine rings is 1. The van der Waals surface area contributed by atoms with Crippen molar-refractivity contribution in [2.24, 2.45) is 5.73 Å². The van der Waals surface area contributed by atoms with Crippen LogP contribution in [0.3, 0.4) is 0 Å². The Hall–Kier alpha value is -2.20. The molecule has 0 aliphatic carbocycles. The third-order valence-corrected chi connectivity index (χ3v) is 4.48. The highest BCUT2D eigenvalue weighted by Crippen LogP contribution is 2.33. The third-order valence-electron chi connectivity index (χ3n) is 4.48. The summed E-state index contributed by atoms with van der Waals surface area (Å²) >= 11 is 0. The number of nitrogens with zero attached hydrogens (tertiary/aromatic N) is 2. The van der Waals surface area contributed by atoms with E-state index in [0.29, 0.717) is 6.54 Å². The van der Waals surface area contributed by atoms with Crippen molar-refractivity contribution in [2.45, 2.75) is 32.1 Å². The van der Waals surface area contributed by atoms with Crippen LogP contribution in [0.4, 0.5) is 0 Å². The van der Waals surface area contributed by atoms with Gasteiger partial charge in [0.25, 0.3) is 0 Å². The number of nitrogens with two attached hydrogens (primary N) is 1. The summed E-state index contributed by atoms with van der Waals surface area (Å²) in [7, 11) is 0. The van der Waals surface area contributed by atoms with Gasteiger partial charge in [-0.15, -0.1) is 0 Å². The van der Waals surface area contributed by atoms with Crippen LogP contribution in [0.5, 0.6) is 0 Å². The molecule has 0 aliphatic heterocycles. The molecule has 3 aromatic rings. The molecular weight excluding hydrogens is 272 g/mol. The minimum atomic E-state index is 0.0211. The number of hydrogen-bond acceptors (Lipinski definition) is 3. The highest BCUT2D eigenvalue weighted by Gasteiger charge is 2.24. The highest BCUT2D eigenvalue weighted by molar-refractivity contribution is 5.92. The molecule has 2 heterocycles. The second-order valence-electron chi connectivity index (χ2n) is 6.09. The standard InChI is InChI=1S/C18H22N4/c1-3-8-18(2,12-19)14-6-4-5-13(10-14)15-7-9-20-17-16(15)11-21-22-17/h4-7,9-11H,3,8,12,19H2,1-2H3,(H,20,21,22). The Morgan fingerprint density at radius 2 is 2.14 bits per heavy atom. The fraction of sp³-hybridized carbons (Fsp3) is 0.333. The van der Waals surface area contributed by atoms with Gasteiger partial charge in [0.2, 0.25) is 0 Å². The second kappa shape index (κ2) is 5.89. The molecule has 0 fully saturated rings. The van der Waals surface area contributed by atoms with Gasteiger partial charge in [0.05, 0.1) is 6.20 Å². The lowest BCUT2D eigenvalue weighted by Crippen LogP contribution is -2.31. The van der Waals surface area contributed by atoms with Gasteiger partial charge in [0.15, 0.2) is 5.65 Å². The number of benzene rings is 1. The first-order chi connectivity index (χ1) is 10.7. The maximum absolute atomic E-state index is 6.06. The van der Waals surface area contributed by atoms with E-state index in [1.54, 1.807) is 0 Å². The predicted molar refractivity (Wildman–Crippen MR) is 90.6 cm³/mol. The van der Waals surface area contributed by atoms with Crippen LogP contribution in [0.2, 0.25) is 0 Å². The first-order valence-electron chi connectivity index (χ1n) is 7.77. The lowest BCUT2D eigenvalue weighted by Gasteiger charge is -2.28. The largest absolute Gasteiger partial charge is 0.330 e. The maximum atomic E-state index is 6.06. The summed E-state index contributed by atoms with van der Waals surface area (Å²) in [5, 5.41) is 8.07. The molecule has 1 atom stereocenters. The Balaban J connectivity index is 2.10. The van der Waals surface area contributed by atoms with E-state index >= 15 is 0 Å². The summed E-state index contributed by atoms with van der Waals surface area (Å²) in [5.74, 6) is 0. The minimum Gasteiger partial charge on any atom is -0.330 e. The number of nitrogens with one attached hydrogen (secondary N) is 1. The van der Waals surface area contributed by atoms with Gasteiger partial charge in [-0.25, -0.2) is 4.98 Å². The molecule has 1 aromatic carbocycles. The van der Waals surface area contributed by atoms with Crippen molar-refractivity contribution in [3.63, 3.8) is 0 Å². The fourth-order valence-corrected chi connectivity index (χ4v) is 3.08. The van der Waals surface area contributed by atoms with Crippen molar-refractivity contribution in [1.29, 1.82) is 0 Å². The second-order valence-corrected chi connectivity index (χ2v) is 6.09. The molecule has 4 nitrogen and oxygen atoms in total. The summed E-state index contributed by atoms with van der Waals surface area (Å²) in [6.45, 7) is 5.10. The molecule has 4 heteroatoms. The van der Waals surface area contributed by atoms with Gasteiger partial charge in [-0.05, 0) is 29.2 Å². The molecule has 1 unspecified atom stereocenters. The lowest BCUT2D eigenvalue weighted by atomic mass is 9.78. The zero-order valence-corrected chi connectivity index (χ0v) is 13.1. The maximum Gasteiger partial charge on any atom is 0.155 e. The van der Waals surface area contributed by atoms with Gasteiger partial charge < -0.3 is 5.73 Å². The van der Waals surface area contributed by atoms with Crippen LogP contribution >= 0.6 is 0 Å². The Bertz CT molecular complexity index is 777. The molecule has 3 rings (SSSR count). The summed E-state index contributed by atoms with van der Waals surface area (Å²) in [6, 6.07) is 10.7. The summed E-state index contributed by atoms with van der Waals surface area (Å²) in [6.07, 6.45) is 5.86. The summed E-state index contributed by atoms with van der Waals surface area (Å²) < 4.78 is 0. The molecule has 22 heavy (non-hydrogen) atoms. The van der Waals surface area contributed by atoms with Crippen molar-refractivity contribution >= 4 is 11.0 Å². The molecule has 0 bridgehead atoms. The van der Waals surface area contributed by atoms with Crippen molar-refractivity contribution in [3.8, 4) is 11.1 Å². The average Bonchev–Trinajstić information content (AvgIpc) is 3.03. The van der Waals surface area contributed by atoms with Crippen LogP contribution < -0.4 is 5.73 Å². The number of aromatic amines is 1. The van der Waals surface area contributed by atoms with E-state index in [0.717, 1.165) is 29.4 Å². The van der Waals surface area contributed by atoms with E-state index in [2.05, 4.69) is 53.3 Å². The van der Waals surface area contributed by atoms with Crippen molar-refractivity contribution in [2.75, 3.05) is 6.54 Å². The topological polar surface area (TPSA) is 67.6 Å². The van der Waals surface area contributed by atoms with Crippen LogP contribution in [0.15, 0.2) is 42.7 Å². The first-order valence-corrected chi connectivity index (χ1v) is 7.77. The van der Waals surface area contributed by atoms with Crippen LogP contribution in [-0.4, -0.2) is 21.7 Å². The van der Waals surface area contributed by atoms with E-state index in [9.17, 15) is 0 Å². The van der Waals surface area contributed by atoms with Gasteiger partial charge >= 0.3 is 0 Å². The quantitative estimate of drug-likeness (QED) is 0.755. The average molecular weight is 294 g/mol. The Morgan fingerprint density at radius 1 is 1.27 bits per heavy atom. The van der Waals surface area contributed by atoms with Crippen molar-refractivity contribution < 1.29 is 0 Å². The molecule has 0 spiro atoms. The Kier molecular flexibility index (Phi) is 3.94. The molecule has 0 saturated heterocycles. The lowest BCUT2D eigenvalue weighted by molar-refractivity contribution is 0.439. The molecular formula is C18H22N4. The normalized spacial score (nSPS) is 14.1. The fourth-order valence-electron chi connectivity index (χ4n) is 3.08. The molecule has 0 saturated carbocycles. The van der Waals surface area contributed by atoms with Gasteiger partial charge in [-0.2, -0.15) is 5.10 Å². The number of fused-ring (bicyclic) bond motifs is 1. The number of aromatic nitrogens is 3. The van der Waals surface area contributed by atoms with Crippen LogP contribution in [0, 0.1) is 0 Å². The molecule has 2 aromatic heterocycles. The summed E-state index contributed by atoms with van der Waals surface area (Å²) in [4.78, 5) is 4.31. The number of hydrogen-bond donors (Lipinski definition) is 2. The Morgan fingerprint density at radius 3 is 2.91 bits per heavy atom. The van der Waals surface area contributed by atoms with E-state index in [4.69, 9.17) is 5.73 Å². The van der Waals surface area contributed by atoms with Crippen molar-refractivity contribution in [1.82, 2.24) is 15.2 Å². The van der Waals surface area contributed by atoms with Crippen LogP contribution in [0.25, 0.3) is 22.2 Å². The van der Waals surface area contributed by atoms with E-state index < -0.39 is 0 Å². The zero-order valence-electron chi connectivity index (χ0n) is 13.1. The molecule has 114 valence electrons. The van der Waals surface area contributed by atoms with Crippen molar-refractivity contribution in [3.05, 3.63) is 48.3 Å². The first kappa shape index (κ1) is 14.7. The predicted octanol–water partition coefficient (Wildman–Crippen LogP) is 3.64. The minimum absolute atomic E-state index is 0.0211. The van der Waals surface area contributed by atoms with E-state index in [1.165, 1.54) is 11.1 Å². The van der Waals surface area contributed by atoms with Gasteiger partial charge in [-0.1, -0.05) is 44.5 Å². The van der Waals surface area contributed by atoms with Gasteiger partial charge in [0.1, 0.15) is 0 Å². The monoisotopic (exact) mass is 294 g/mol. The van der Waals surface area contributed by atoms with Gasteiger partial charge in [-0.3, -0.25) is 5.10 Å². The molecule has 0 amide bonds. The smallest absolute Gasteiger partial charge is 0.155 e. The van der Waals surface area contributed by atoms with Crippen LogP contribution in [0.1, 0.15) is 32.3 Å². The van der Waals surface area contributed by atoms with E-state index in [-0.39, 0.29) is 5.41 Å². The SMILES string of the molecule is CCCC(C)(CN)c1cccc(-c2ccnc3[nH]ncc23)c1. The molecule has 3 N–H and O–H groups in total. The third kappa shape index (κ3) is 2.50.